The molecule has 0 heterocycles. The van der Waals surface area contributed by atoms with Crippen LogP contribution in [0.2, 0.25) is 0 Å². The Morgan fingerprint density at radius 1 is 0.926 bits per heavy atom. The van der Waals surface area contributed by atoms with Gasteiger partial charge in [0.1, 0.15) is 5.82 Å². The first-order chi connectivity index (χ1) is 13.2. The second-order valence-corrected chi connectivity index (χ2v) is 8.46. The van der Waals surface area contributed by atoms with E-state index < -0.39 is 0 Å². The molecule has 0 atom stereocenters. The van der Waals surface area contributed by atoms with E-state index in [1.54, 1.807) is 6.07 Å². The average Bonchev–Trinajstić information content (AvgIpc) is 2.73. The lowest BCUT2D eigenvalue weighted by Gasteiger charge is -2.29. The molecule has 1 fully saturated rings. The Morgan fingerprint density at radius 3 is 2.44 bits per heavy atom. The van der Waals surface area contributed by atoms with Gasteiger partial charge in [0.25, 0.3) is 0 Å². The zero-order chi connectivity index (χ0) is 18.6. The molecule has 0 radical (unpaired) electrons. The van der Waals surface area contributed by atoms with E-state index >= 15 is 0 Å². The van der Waals surface area contributed by atoms with E-state index in [0.29, 0.717) is 0 Å². The average molecular weight is 363 g/mol. The zero-order valence-corrected chi connectivity index (χ0v) is 16.5. The summed E-state index contributed by atoms with van der Waals surface area (Å²) in [5.41, 5.74) is 6.06. The van der Waals surface area contributed by atoms with Crippen LogP contribution in [-0.2, 0) is 6.42 Å². The first-order valence-corrected chi connectivity index (χ1v) is 10.8. The minimum absolute atomic E-state index is 0.0623. The second-order valence-electron chi connectivity index (χ2n) is 8.46. The zero-order valence-electron chi connectivity index (χ0n) is 16.5. The van der Waals surface area contributed by atoms with Gasteiger partial charge in [-0.2, -0.15) is 0 Å². The highest BCUT2D eigenvalue weighted by atomic mass is 19.1. The van der Waals surface area contributed by atoms with Crippen molar-refractivity contribution in [3.05, 3.63) is 70.5 Å². The summed E-state index contributed by atoms with van der Waals surface area (Å²) in [6.45, 7) is 2.30. The van der Waals surface area contributed by atoms with Gasteiger partial charge < -0.3 is 0 Å². The monoisotopic (exact) mass is 362 g/mol. The predicted molar refractivity (Wildman–Crippen MR) is 113 cm³/mol. The molecular formula is C26H31F. The van der Waals surface area contributed by atoms with Crippen molar-refractivity contribution in [2.45, 2.75) is 70.6 Å². The van der Waals surface area contributed by atoms with Gasteiger partial charge >= 0.3 is 0 Å². The topological polar surface area (TPSA) is 0 Å². The Kier molecular flexibility index (Phi) is 5.76. The van der Waals surface area contributed by atoms with Crippen molar-refractivity contribution in [2.75, 3.05) is 0 Å². The number of fused-ring (bicyclic) bond motifs is 1. The normalized spacial score (nSPS) is 22.2. The molecule has 0 spiro atoms. The largest absolute Gasteiger partial charge is 0.207 e. The molecular weight excluding hydrogens is 331 g/mol. The summed E-state index contributed by atoms with van der Waals surface area (Å²) in [5, 5.41) is 0. The first-order valence-electron chi connectivity index (χ1n) is 10.8. The van der Waals surface area contributed by atoms with Gasteiger partial charge in [0.05, 0.1) is 0 Å². The highest BCUT2D eigenvalue weighted by molar-refractivity contribution is 5.84. The van der Waals surface area contributed by atoms with Crippen LogP contribution in [0.5, 0.6) is 0 Å². The van der Waals surface area contributed by atoms with Gasteiger partial charge in [0.2, 0.25) is 0 Å². The summed E-state index contributed by atoms with van der Waals surface area (Å²) >= 11 is 0. The molecule has 0 aromatic heterocycles. The first kappa shape index (κ1) is 18.5. The van der Waals surface area contributed by atoms with Crippen molar-refractivity contribution in [1.29, 1.82) is 0 Å². The van der Waals surface area contributed by atoms with E-state index in [-0.39, 0.29) is 5.82 Å². The van der Waals surface area contributed by atoms with Gasteiger partial charge in [0, 0.05) is 0 Å². The molecule has 0 N–H and O–H groups in total. The molecule has 142 valence electrons. The second kappa shape index (κ2) is 8.42. The summed E-state index contributed by atoms with van der Waals surface area (Å²) < 4.78 is 13.9. The molecule has 0 saturated heterocycles. The maximum Gasteiger partial charge on any atom is 0.127 e. The Labute approximate surface area is 163 Å². The number of hydrogen-bond acceptors (Lipinski definition) is 0. The Bertz CT molecular complexity index is 791. The van der Waals surface area contributed by atoms with Gasteiger partial charge in [-0.15, -0.1) is 0 Å². The predicted octanol–water partition coefficient (Wildman–Crippen LogP) is 7.78. The minimum atomic E-state index is -0.0623. The molecule has 4 rings (SSSR count). The van der Waals surface area contributed by atoms with Gasteiger partial charge in [-0.05, 0) is 84.3 Å². The number of halogens is 1. The summed E-state index contributed by atoms with van der Waals surface area (Å²) in [6.07, 6.45) is 13.6. The molecule has 0 bridgehead atoms. The quantitative estimate of drug-likeness (QED) is 0.509. The van der Waals surface area contributed by atoms with Crippen LogP contribution in [0, 0.1) is 11.7 Å². The third-order valence-electron chi connectivity index (χ3n) is 6.69. The van der Waals surface area contributed by atoms with Crippen LogP contribution in [0.25, 0.3) is 11.6 Å². The molecule has 0 unspecified atom stereocenters. The molecule has 0 amide bonds. The molecule has 0 aliphatic heterocycles. The van der Waals surface area contributed by atoms with Crippen molar-refractivity contribution >= 4 is 11.6 Å². The van der Waals surface area contributed by atoms with Gasteiger partial charge in [-0.3, -0.25) is 0 Å². The lowest BCUT2D eigenvalue weighted by atomic mass is 9.77. The van der Waals surface area contributed by atoms with E-state index in [4.69, 9.17) is 0 Å². The molecule has 2 aromatic carbocycles. The molecule has 1 saturated carbocycles. The molecule has 0 nitrogen and oxygen atoms in total. The smallest absolute Gasteiger partial charge is 0.127 e. The van der Waals surface area contributed by atoms with Crippen LogP contribution in [0.1, 0.15) is 86.5 Å². The van der Waals surface area contributed by atoms with Crippen LogP contribution in [0.3, 0.4) is 0 Å². The summed E-state index contributed by atoms with van der Waals surface area (Å²) in [5.74, 6) is 1.65. The SMILES string of the molecule is CCCCC1CCC(c2ccc(C3=Cc4cccc(F)c4CC3)cc2)CC1. The van der Waals surface area contributed by atoms with Gasteiger partial charge in [-0.1, -0.05) is 68.7 Å². The highest BCUT2D eigenvalue weighted by Crippen LogP contribution is 2.38. The maximum absolute atomic E-state index is 13.9. The van der Waals surface area contributed by atoms with Crippen molar-refractivity contribution in [3.8, 4) is 0 Å². The summed E-state index contributed by atoms with van der Waals surface area (Å²) in [7, 11) is 0. The van der Waals surface area contributed by atoms with Crippen molar-refractivity contribution in [3.63, 3.8) is 0 Å². The third kappa shape index (κ3) is 4.18. The Balaban J connectivity index is 1.43. The van der Waals surface area contributed by atoms with E-state index in [1.165, 1.54) is 61.6 Å². The number of rotatable bonds is 5. The van der Waals surface area contributed by atoms with E-state index in [2.05, 4.69) is 37.3 Å². The number of benzene rings is 2. The van der Waals surface area contributed by atoms with Crippen LogP contribution >= 0.6 is 0 Å². The third-order valence-corrected chi connectivity index (χ3v) is 6.69. The van der Waals surface area contributed by atoms with Crippen molar-refractivity contribution in [2.24, 2.45) is 5.92 Å². The lowest BCUT2D eigenvalue weighted by Crippen LogP contribution is -2.13. The lowest BCUT2D eigenvalue weighted by molar-refractivity contribution is 0.304. The van der Waals surface area contributed by atoms with Crippen molar-refractivity contribution in [1.82, 2.24) is 0 Å². The molecule has 27 heavy (non-hydrogen) atoms. The number of unbranched alkanes of at least 4 members (excludes halogenated alkanes) is 1. The number of hydrogen-bond donors (Lipinski definition) is 0. The van der Waals surface area contributed by atoms with Gasteiger partial charge in [0.15, 0.2) is 0 Å². The summed E-state index contributed by atoms with van der Waals surface area (Å²) in [4.78, 5) is 0. The van der Waals surface area contributed by atoms with Crippen LogP contribution < -0.4 is 0 Å². The number of allylic oxidation sites excluding steroid dienone is 1. The Morgan fingerprint density at radius 2 is 1.70 bits per heavy atom. The van der Waals surface area contributed by atoms with E-state index in [9.17, 15) is 4.39 Å². The fourth-order valence-electron chi connectivity index (χ4n) is 4.97. The standard InChI is InChI=1S/C26H31F/c1-2-3-5-19-8-10-20(11-9-19)21-12-14-22(15-13-21)23-16-17-25-24(18-23)6-4-7-26(25)27/h4,6-7,12-15,18-20H,2-3,5,8-11,16-17H2,1H3. The van der Waals surface area contributed by atoms with Crippen LogP contribution in [0.4, 0.5) is 4.39 Å². The minimum Gasteiger partial charge on any atom is -0.207 e. The fourth-order valence-corrected chi connectivity index (χ4v) is 4.97. The molecule has 2 aliphatic carbocycles. The van der Waals surface area contributed by atoms with Gasteiger partial charge in [-0.25, -0.2) is 4.39 Å². The van der Waals surface area contributed by atoms with Crippen LogP contribution in [-0.4, -0.2) is 0 Å². The molecule has 2 aromatic rings. The Hall–Kier alpha value is -1.89. The summed E-state index contributed by atoms with van der Waals surface area (Å²) in [6, 6.07) is 14.7. The van der Waals surface area contributed by atoms with E-state index in [0.717, 1.165) is 35.8 Å². The maximum atomic E-state index is 13.9. The van der Waals surface area contributed by atoms with Crippen molar-refractivity contribution < 1.29 is 4.39 Å². The van der Waals surface area contributed by atoms with E-state index in [1.807, 2.05) is 12.1 Å². The molecule has 2 aliphatic rings. The molecule has 1 heteroatoms. The highest BCUT2D eigenvalue weighted by Gasteiger charge is 2.22. The fraction of sp³-hybridized carbons (Fsp3) is 0.462. The van der Waals surface area contributed by atoms with Crippen LogP contribution in [0.15, 0.2) is 42.5 Å².